The Morgan fingerprint density at radius 1 is 1.00 bits per heavy atom. The van der Waals surface area contributed by atoms with Crippen molar-refractivity contribution in [2.75, 3.05) is 28.6 Å². The van der Waals surface area contributed by atoms with E-state index < -0.39 is 0 Å². The summed E-state index contributed by atoms with van der Waals surface area (Å²) in [5, 5.41) is 14.4. The fourth-order valence-electron chi connectivity index (χ4n) is 3.65. The maximum Gasteiger partial charge on any atom is 0.229 e. The van der Waals surface area contributed by atoms with Gasteiger partial charge in [-0.2, -0.15) is 0 Å². The van der Waals surface area contributed by atoms with Gasteiger partial charge in [0.15, 0.2) is 5.82 Å². The van der Waals surface area contributed by atoms with Gasteiger partial charge in [0.25, 0.3) is 0 Å². The Morgan fingerprint density at radius 3 is 2.42 bits per heavy atom. The molecule has 1 aromatic carbocycles. The van der Waals surface area contributed by atoms with E-state index in [0.29, 0.717) is 17.9 Å². The summed E-state index contributed by atoms with van der Waals surface area (Å²) in [6.07, 6.45) is 5.22. The predicted octanol–water partition coefficient (Wildman–Crippen LogP) is 3.35. The van der Waals surface area contributed by atoms with Crippen molar-refractivity contribution in [1.82, 2.24) is 15.2 Å². The van der Waals surface area contributed by atoms with Gasteiger partial charge in [-0.25, -0.2) is 0 Å². The minimum atomic E-state index is -0.136. The first-order chi connectivity index (χ1) is 15.1. The van der Waals surface area contributed by atoms with E-state index in [1.165, 1.54) is 6.92 Å². The Balaban J connectivity index is 1.37. The van der Waals surface area contributed by atoms with Crippen LogP contribution in [-0.2, 0) is 9.59 Å². The number of rotatable bonds is 5. The van der Waals surface area contributed by atoms with Crippen LogP contribution < -0.4 is 15.5 Å². The fourth-order valence-corrected chi connectivity index (χ4v) is 3.65. The lowest BCUT2D eigenvalue weighted by Crippen LogP contribution is -2.41. The van der Waals surface area contributed by atoms with Crippen LogP contribution in [0.2, 0.25) is 0 Å². The molecule has 8 nitrogen and oxygen atoms in total. The summed E-state index contributed by atoms with van der Waals surface area (Å²) in [4.78, 5) is 30.1. The molecule has 2 N–H and O–H groups in total. The molecule has 0 spiro atoms. The van der Waals surface area contributed by atoms with Gasteiger partial charge in [-0.05, 0) is 61.4 Å². The van der Waals surface area contributed by atoms with Crippen molar-refractivity contribution < 1.29 is 9.59 Å². The average molecular weight is 416 g/mol. The van der Waals surface area contributed by atoms with Gasteiger partial charge >= 0.3 is 0 Å². The molecule has 158 valence electrons. The minimum Gasteiger partial charge on any atom is -0.354 e. The van der Waals surface area contributed by atoms with Gasteiger partial charge in [0.05, 0.1) is 11.6 Å². The molecule has 31 heavy (non-hydrogen) atoms. The molecule has 2 amide bonds. The number of hydrogen-bond acceptors (Lipinski definition) is 6. The monoisotopic (exact) mass is 416 g/mol. The molecule has 1 saturated heterocycles. The number of carbonyl (C=O) groups is 2. The van der Waals surface area contributed by atoms with Crippen LogP contribution in [0, 0.1) is 5.92 Å². The minimum absolute atomic E-state index is 0.0167. The quantitative estimate of drug-likeness (QED) is 0.662. The first kappa shape index (κ1) is 20.5. The molecule has 1 unspecified atom stereocenters. The van der Waals surface area contributed by atoms with Gasteiger partial charge in [-0.3, -0.25) is 14.6 Å². The second kappa shape index (κ2) is 9.34. The van der Waals surface area contributed by atoms with Gasteiger partial charge in [-0.1, -0.05) is 0 Å². The van der Waals surface area contributed by atoms with Crippen LogP contribution in [-0.4, -0.2) is 40.1 Å². The Labute approximate surface area is 180 Å². The molecule has 4 rings (SSSR count). The molecule has 0 radical (unpaired) electrons. The van der Waals surface area contributed by atoms with Crippen molar-refractivity contribution in [3.8, 4) is 11.3 Å². The highest BCUT2D eigenvalue weighted by Gasteiger charge is 2.27. The highest BCUT2D eigenvalue weighted by molar-refractivity contribution is 5.94. The van der Waals surface area contributed by atoms with E-state index in [0.717, 1.165) is 36.5 Å². The second-order valence-electron chi connectivity index (χ2n) is 7.55. The molecule has 0 saturated carbocycles. The van der Waals surface area contributed by atoms with Crippen LogP contribution in [0.5, 0.6) is 0 Å². The number of aromatic nitrogens is 3. The van der Waals surface area contributed by atoms with Gasteiger partial charge in [0.2, 0.25) is 11.8 Å². The van der Waals surface area contributed by atoms with E-state index in [1.54, 1.807) is 36.7 Å². The second-order valence-corrected chi connectivity index (χ2v) is 7.55. The predicted molar refractivity (Wildman–Crippen MR) is 120 cm³/mol. The van der Waals surface area contributed by atoms with Crippen LogP contribution in [0.15, 0.2) is 60.9 Å². The number of piperidine rings is 1. The number of benzene rings is 1. The summed E-state index contributed by atoms with van der Waals surface area (Å²) < 4.78 is 0. The number of amides is 2. The van der Waals surface area contributed by atoms with E-state index in [4.69, 9.17) is 0 Å². The summed E-state index contributed by atoms with van der Waals surface area (Å²) in [7, 11) is 0. The third-order valence-electron chi connectivity index (χ3n) is 5.20. The zero-order valence-corrected chi connectivity index (χ0v) is 17.3. The van der Waals surface area contributed by atoms with Crippen LogP contribution in [0.25, 0.3) is 11.3 Å². The van der Waals surface area contributed by atoms with Gasteiger partial charge in [-0.15, -0.1) is 10.2 Å². The highest BCUT2D eigenvalue weighted by atomic mass is 16.2. The van der Waals surface area contributed by atoms with Crippen molar-refractivity contribution in [3.05, 3.63) is 60.9 Å². The summed E-state index contributed by atoms with van der Waals surface area (Å²) >= 11 is 0. The maximum atomic E-state index is 12.8. The third kappa shape index (κ3) is 5.22. The Hall–Kier alpha value is -3.81. The highest BCUT2D eigenvalue weighted by Crippen LogP contribution is 2.24. The number of nitrogens with zero attached hydrogens (tertiary/aromatic N) is 4. The van der Waals surface area contributed by atoms with E-state index in [1.807, 2.05) is 24.3 Å². The number of hydrogen-bond donors (Lipinski definition) is 2. The van der Waals surface area contributed by atoms with Crippen LogP contribution in [0.3, 0.4) is 0 Å². The molecular weight excluding hydrogens is 392 g/mol. The Bertz CT molecular complexity index is 1040. The van der Waals surface area contributed by atoms with E-state index in [2.05, 4.69) is 30.7 Å². The smallest absolute Gasteiger partial charge is 0.229 e. The fraction of sp³-hybridized carbons (Fsp3) is 0.261. The molecule has 2 aromatic heterocycles. The van der Waals surface area contributed by atoms with Crippen molar-refractivity contribution in [3.63, 3.8) is 0 Å². The third-order valence-corrected chi connectivity index (χ3v) is 5.20. The molecule has 1 aliphatic heterocycles. The maximum absolute atomic E-state index is 12.8. The normalized spacial score (nSPS) is 15.9. The number of pyridine rings is 1. The number of nitrogens with one attached hydrogen (secondary N) is 2. The Morgan fingerprint density at radius 2 is 1.77 bits per heavy atom. The lowest BCUT2D eigenvalue weighted by atomic mass is 9.97. The first-order valence-corrected chi connectivity index (χ1v) is 10.3. The average Bonchev–Trinajstić information content (AvgIpc) is 2.81. The standard InChI is InChI=1S/C23H24N6O2/c1-16(30)25-19-6-8-20(9-7-19)26-23(31)18-5-3-13-29(15-18)22-11-10-21(27-28-22)17-4-2-12-24-14-17/h2,4,6-12,14,18H,3,5,13,15H2,1H3,(H,25,30)(H,26,31). The molecule has 0 aliphatic carbocycles. The first-order valence-electron chi connectivity index (χ1n) is 10.3. The zero-order chi connectivity index (χ0) is 21.6. The molecular formula is C23H24N6O2. The summed E-state index contributed by atoms with van der Waals surface area (Å²) in [5.74, 6) is 0.487. The zero-order valence-electron chi connectivity index (χ0n) is 17.3. The van der Waals surface area contributed by atoms with Gasteiger partial charge < -0.3 is 15.5 Å². The van der Waals surface area contributed by atoms with Crippen molar-refractivity contribution in [2.45, 2.75) is 19.8 Å². The molecule has 1 aliphatic rings. The van der Waals surface area contributed by atoms with E-state index in [9.17, 15) is 9.59 Å². The van der Waals surface area contributed by atoms with E-state index in [-0.39, 0.29) is 17.7 Å². The van der Waals surface area contributed by atoms with Crippen LogP contribution in [0.1, 0.15) is 19.8 Å². The van der Waals surface area contributed by atoms with Crippen molar-refractivity contribution >= 4 is 29.0 Å². The van der Waals surface area contributed by atoms with Gasteiger partial charge in [0, 0.05) is 49.3 Å². The molecule has 3 heterocycles. The molecule has 0 bridgehead atoms. The van der Waals surface area contributed by atoms with Gasteiger partial charge in [0.1, 0.15) is 0 Å². The summed E-state index contributed by atoms with van der Waals surface area (Å²) in [6.45, 7) is 2.90. The van der Waals surface area contributed by atoms with Crippen LogP contribution in [0.4, 0.5) is 17.2 Å². The summed E-state index contributed by atoms with van der Waals surface area (Å²) in [5.41, 5.74) is 3.09. The van der Waals surface area contributed by atoms with E-state index >= 15 is 0 Å². The largest absolute Gasteiger partial charge is 0.354 e. The molecule has 8 heteroatoms. The number of anilines is 3. The van der Waals surface area contributed by atoms with Crippen LogP contribution >= 0.6 is 0 Å². The number of carbonyl (C=O) groups excluding carboxylic acids is 2. The summed E-state index contributed by atoms with van der Waals surface area (Å²) in [6, 6.07) is 14.8. The SMILES string of the molecule is CC(=O)Nc1ccc(NC(=O)C2CCCN(c3ccc(-c4cccnc4)nn3)C2)cc1. The molecule has 1 fully saturated rings. The lowest BCUT2D eigenvalue weighted by Gasteiger charge is -2.32. The molecule has 1 atom stereocenters. The van der Waals surface area contributed by atoms with Crippen molar-refractivity contribution in [1.29, 1.82) is 0 Å². The lowest BCUT2D eigenvalue weighted by molar-refractivity contribution is -0.120. The topological polar surface area (TPSA) is 100 Å². The molecule has 3 aromatic rings. The Kier molecular flexibility index (Phi) is 6.16. The van der Waals surface area contributed by atoms with Crippen molar-refractivity contribution in [2.24, 2.45) is 5.92 Å².